The molecule has 218 valence electrons. The minimum atomic E-state index is 0.286. The number of aromatic nitrogens is 2. The average molecular weight is 593 g/mol. The van der Waals surface area contributed by atoms with Crippen molar-refractivity contribution in [3.8, 4) is 0 Å². The minimum Gasteiger partial charge on any atom is -0.336 e. The molecule has 9 heteroatoms. The molecule has 39 heavy (non-hydrogen) atoms. The zero-order valence-electron chi connectivity index (χ0n) is 23.7. The Morgan fingerprint density at radius 3 is 1.10 bits per heavy atom. The van der Waals surface area contributed by atoms with Gasteiger partial charge in [-0.25, -0.2) is 0 Å². The molecule has 1 heterocycles. The molecular formula is C30H48N4O2S3. The lowest BCUT2D eigenvalue weighted by Gasteiger charge is -2.41. The summed E-state index contributed by atoms with van der Waals surface area (Å²) < 4.78 is 1.70. The van der Waals surface area contributed by atoms with Gasteiger partial charge in [0.15, 0.2) is 8.68 Å². The van der Waals surface area contributed by atoms with E-state index in [1.165, 1.54) is 152 Å². The Morgan fingerprint density at radius 2 is 0.821 bits per heavy atom. The van der Waals surface area contributed by atoms with Crippen LogP contribution in [0.5, 0.6) is 0 Å². The summed E-state index contributed by atoms with van der Waals surface area (Å²) in [6.45, 7) is 0. The Hall–Kier alpha value is -0.800. The van der Waals surface area contributed by atoms with Crippen LogP contribution in [0.4, 0.5) is 0 Å². The topological polar surface area (TPSA) is 66.4 Å². The highest BCUT2D eigenvalue weighted by Gasteiger charge is 2.34. The molecule has 0 unspecified atom stereocenters. The zero-order chi connectivity index (χ0) is 26.9. The molecule has 6 nitrogen and oxygen atoms in total. The number of thioether (sulfide) groups is 2. The lowest BCUT2D eigenvalue weighted by molar-refractivity contribution is -0.135. The maximum Gasteiger partial charge on any atom is 0.233 e. The molecule has 0 saturated heterocycles. The SMILES string of the molecule is O=C(CSc1nnc(SCC(=O)N(C2CCCCC2)C2CCCCC2)s1)N(C1CCCCC1)C1CCCCC1. The summed E-state index contributed by atoms with van der Waals surface area (Å²) in [6, 6.07) is 1.71. The van der Waals surface area contributed by atoms with E-state index in [1.807, 2.05) is 0 Å². The fourth-order valence-corrected chi connectivity index (χ4v) is 10.3. The molecule has 1 aromatic heterocycles. The zero-order valence-corrected chi connectivity index (χ0v) is 26.1. The molecule has 0 aromatic carbocycles. The summed E-state index contributed by atoms with van der Waals surface area (Å²) in [5, 5.41) is 8.78. The van der Waals surface area contributed by atoms with E-state index >= 15 is 0 Å². The second kappa shape index (κ2) is 15.4. The van der Waals surface area contributed by atoms with Crippen LogP contribution in [0.3, 0.4) is 0 Å². The fraction of sp³-hybridized carbons (Fsp3) is 0.867. The number of hydrogen-bond acceptors (Lipinski definition) is 7. The Bertz CT molecular complexity index is 797. The van der Waals surface area contributed by atoms with Crippen LogP contribution in [0.2, 0.25) is 0 Å². The lowest BCUT2D eigenvalue weighted by atomic mass is 9.88. The molecule has 0 bridgehead atoms. The predicted octanol–water partition coefficient (Wildman–Crippen LogP) is 7.71. The van der Waals surface area contributed by atoms with Gasteiger partial charge in [0, 0.05) is 24.2 Å². The first-order chi connectivity index (χ1) is 19.2. The van der Waals surface area contributed by atoms with Crippen LogP contribution >= 0.6 is 34.9 Å². The van der Waals surface area contributed by atoms with Gasteiger partial charge in [-0.3, -0.25) is 9.59 Å². The molecule has 0 aliphatic heterocycles. The molecule has 4 aliphatic carbocycles. The second-order valence-corrected chi connectivity index (χ2v) is 15.6. The molecule has 4 saturated carbocycles. The first-order valence-electron chi connectivity index (χ1n) is 15.9. The van der Waals surface area contributed by atoms with Gasteiger partial charge in [0.1, 0.15) is 0 Å². The number of hydrogen-bond donors (Lipinski definition) is 0. The van der Waals surface area contributed by atoms with Gasteiger partial charge in [-0.05, 0) is 51.4 Å². The quantitative estimate of drug-likeness (QED) is 0.259. The van der Waals surface area contributed by atoms with Gasteiger partial charge in [0.2, 0.25) is 11.8 Å². The second-order valence-electron chi connectivity index (χ2n) is 12.2. The molecule has 4 aliphatic rings. The maximum absolute atomic E-state index is 13.5. The molecule has 0 atom stereocenters. The van der Waals surface area contributed by atoms with Crippen molar-refractivity contribution in [3.63, 3.8) is 0 Å². The predicted molar refractivity (Wildman–Crippen MR) is 163 cm³/mol. The van der Waals surface area contributed by atoms with Crippen molar-refractivity contribution in [2.24, 2.45) is 0 Å². The van der Waals surface area contributed by atoms with Crippen molar-refractivity contribution < 1.29 is 9.59 Å². The molecule has 0 N–H and O–H groups in total. The van der Waals surface area contributed by atoms with Crippen LogP contribution in [0.25, 0.3) is 0 Å². The van der Waals surface area contributed by atoms with Gasteiger partial charge in [0.25, 0.3) is 0 Å². The van der Waals surface area contributed by atoms with E-state index in [0.29, 0.717) is 35.7 Å². The number of nitrogens with zero attached hydrogens (tertiary/aromatic N) is 4. The van der Waals surface area contributed by atoms with E-state index in [9.17, 15) is 9.59 Å². The third kappa shape index (κ3) is 8.37. The highest BCUT2D eigenvalue weighted by Crippen LogP contribution is 2.35. The molecule has 1 aromatic rings. The van der Waals surface area contributed by atoms with Crippen LogP contribution in [-0.2, 0) is 9.59 Å². The van der Waals surface area contributed by atoms with Crippen molar-refractivity contribution >= 4 is 46.7 Å². The standard InChI is InChI=1S/C30H48N4O2S3/c35-27(33(23-13-5-1-6-14-23)24-15-7-2-8-16-24)21-37-29-31-32-30(39-29)38-22-28(36)34(25-17-9-3-10-18-25)26-19-11-4-12-20-26/h23-26H,1-22H2. The van der Waals surface area contributed by atoms with E-state index in [-0.39, 0.29) is 11.8 Å². The number of amides is 2. The van der Waals surface area contributed by atoms with Gasteiger partial charge in [-0.15, -0.1) is 10.2 Å². The van der Waals surface area contributed by atoms with Gasteiger partial charge in [0.05, 0.1) is 11.5 Å². The van der Waals surface area contributed by atoms with Crippen LogP contribution in [0, 0.1) is 0 Å². The minimum absolute atomic E-state index is 0.286. The lowest BCUT2D eigenvalue weighted by Crippen LogP contribution is -2.49. The van der Waals surface area contributed by atoms with Gasteiger partial charge >= 0.3 is 0 Å². The van der Waals surface area contributed by atoms with Crippen molar-refractivity contribution in [2.45, 2.75) is 161 Å². The van der Waals surface area contributed by atoms with E-state index in [2.05, 4.69) is 20.0 Å². The summed E-state index contributed by atoms with van der Waals surface area (Å²) in [4.78, 5) is 31.6. The Morgan fingerprint density at radius 1 is 0.538 bits per heavy atom. The smallest absolute Gasteiger partial charge is 0.233 e. The summed E-state index contributed by atoms with van der Waals surface area (Å²) in [5.41, 5.74) is 0. The number of rotatable bonds is 10. The van der Waals surface area contributed by atoms with Crippen LogP contribution < -0.4 is 0 Å². The Kier molecular flexibility index (Phi) is 11.7. The van der Waals surface area contributed by atoms with E-state index in [0.717, 1.165) is 8.68 Å². The normalized spacial score (nSPS) is 22.6. The van der Waals surface area contributed by atoms with Crippen molar-refractivity contribution in [1.29, 1.82) is 0 Å². The summed E-state index contributed by atoms with van der Waals surface area (Å²) in [7, 11) is 0. The highest BCUT2D eigenvalue weighted by molar-refractivity contribution is 8.03. The van der Waals surface area contributed by atoms with E-state index < -0.39 is 0 Å². The molecule has 0 radical (unpaired) electrons. The van der Waals surface area contributed by atoms with Crippen molar-refractivity contribution in [1.82, 2.24) is 20.0 Å². The number of carbonyl (C=O) groups is 2. The molecule has 0 spiro atoms. The Labute approximate surface area is 248 Å². The first-order valence-corrected chi connectivity index (χ1v) is 18.7. The van der Waals surface area contributed by atoms with Crippen LogP contribution in [-0.4, -0.2) is 67.5 Å². The largest absolute Gasteiger partial charge is 0.336 e. The number of carbonyl (C=O) groups excluding carboxylic acids is 2. The van der Waals surface area contributed by atoms with Gasteiger partial charge < -0.3 is 9.80 Å². The van der Waals surface area contributed by atoms with E-state index in [4.69, 9.17) is 0 Å². The van der Waals surface area contributed by atoms with Crippen molar-refractivity contribution in [3.05, 3.63) is 0 Å². The molecule has 5 rings (SSSR count). The molecule has 4 fully saturated rings. The first kappa shape index (κ1) is 29.7. The monoisotopic (exact) mass is 592 g/mol. The van der Waals surface area contributed by atoms with Gasteiger partial charge in [-0.1, -0.05) is 112 Å². The van der Waals surface area contributed by atoms with Crippen LogP contribution in [0.1, 0.15) is 128 Å². The summed E-state index contributed by atoms with van der Waals surface area (Å²) in [6.07, 6.45) is 24.6. The van der Waals surface area contributed by atoms with Crippen molar-refractivity contribution in [2.75, 3.05) is 11.5 Å². The average Bonchev–Trinajstić information content (AvgIpc) is 3.45. The Balaban J connectivity index is 1.14. The summed E-state index contributed by atoms with van der Waals surface area (Å²) >= 11 is 4.62. The summed E-state index contributed by atoms with van der Waals surface area (Å²) in [5.74, 6) is 1.47. The van der Waals surface area contributed by atoms with Crippen LogP contribution in [0.15, 0.2) is 8.68 Å². The molecule has 2 amide bonds. The van der Waals surface area contributed by atoms with Gasteiger partial charge in [-0.2, -0.15) is 0 Å². The highest BCUT2D eigenvalue weighted by atomic mass is 32.2. The maximum atomic E-state index is 13.5. The third-order valence-electron chi connectivity index (χ3n) is 9.47. The molecular weight excluding hydrogens is 545 g/mol. The third-order valence-corrected chi connectivity index (χ3v) is 12.6. The van der Waals surface area contributed by atoms with E-state index in [1.54, 1.807) is 11.3 Å². The fourth-order valence-electron chi connectivity index (χ4n) is 7.56.